The summed E-state index contributed by atoms with van der Waals surface area (Å²) in [4.78, 5) is 16.7. The Hall–Kier alpha value is -2.08. The summed E-state index contributed by atoms with van der Waals surface area (Å²) in [5, 5.41) is 6.43. The first-order valence-electron chi connectivity index (χ1n) is 8.83. The molecule has 0 fully saturated rings. The Labute approximate surface area is 178 Å². The van der Waals surface area contributed by atoms with Gasteiger partial charge in [-0.3, -0.25) is 4.79 Å². The van der Waals surface area contributed by atoms with Crippen LogP contribution in [0.1, 0.15) is 24.0 Å². The molecule has 3 rings (SSSR count). The highest BCUT2D eigenvalue weighted by molar-refractivity contribution is 7.14. The number of rotatable bonds is 7. The normalized spacial score (nSPS) is 10.7. The van der Waals surface area contributed by atoms with E-state index < -0.39 is 0 Å². The van der Waals surface area contributed by atoms with E-state index in [0.717, 1.165) is 16.8 Å². The van der Waals surface area contributed by atoms with Gasteiger partial charge in [0.2, 0.25) is 5.91 Å². The molecule has 1 heterocycles. The molecule has 3 aromatic rings. The lowest BCUT2D eigenvalue weighted by atomic mass is 10.0. The van der Waals surface area contributed by atoms with Crippen LogP contribution >= 0.6 is 34.5 Å². The molecule has 2 aromatic carbocycles. The van der Waals surface area contributed by atoms with E-state index in [9.17, 15) is 4.79 Å². The lowest BCUT2D eigenvalue weighted by molar-refractivity contribution is -0.116. The number of anilines is 1. The van der Waals surface area contributed by atoms with Crippen LogP contribution in [-0.4, -0.2) is 17.5 Å². The van der Waals surface area contributed by atoms with Gasteiger partial charge in [-0.15, -0.1) is 11.3 Å². The van der Waals surface area contributed by atoms with Gasteiger partial charge >= 0.3 is 0 Å². The lowest BCUT2D eigenvalue weighted by Crippen LogP contribution is -2.12. The Kier molecular flexibility index (Phi) is 6.94. The molecule has 1 aromatic heterocycles. The van der Waals surface area contributed by atoms with Crippen LogP contribution in [-0.2, 0) is 4.79 Å². The minimum Gasteiger partial charge on any atom is -0.492 e. The van der Waals surface area contributed by atoms with E-state index in [1.54, 1.807) is 18.2 Å². The summed E-state index contributed by atoms with van der Waals surface area (Å²) in [5.74, 6) is 0.470. The van der Waals surface area contributed by atoms with E-state index in [-0.39, 0.29) is 5.91 Å². The number of thiazole rings is 1. The molecule has 0 unspecified atom stereocenters. The van der Waals surface area contributed by atoms with Crippen LogP contribution in [0.5, 0.6) is 5.75 Å². The van der Waals surface area contributed by atoms with Crippen molar-refractivity contribution in [2.45, 2.75) is 26.7 Å². The van der Waals surface area contributed by atoms with Gasteiger partial charge in [0.15, 0.2) is 5.13 Å². The number of ether oxygens (including phenoxy) is 1. The van der Waals surface area contributed by atoms with Crippen molar-refractivity contribution < 1.29 is 9.53 Å². The third-order valence-electron chi connectivity index (χ3n) is 4.12. The summed E-state index contributed by atoms with van der Waals surface area (Å²) in [7, 11) is 0. The molecule has 28 heavy (non-hydrogen) atoms. The predicted molar refractivity (Wildman–Crippen MR) is 117 cm³/mol. The first kappa shape index (κ1) is 20.6. The molecule has 0 aliphatic rings. The van der Waals surface area contributed by atoms with Gasteiger partial charge in [-0.05, 0) is 50.1 Å². The Morgan fingerprint density at radius 2 is 2.00 bits per heavy atom. The Bertz CT molecular complexity index is 988. The monoisotopic (exact) mass is 434 g/mol. The molecule has 4 nitrogen and oxygen atoms in total. The summed E-state index contributed by atoms with van der Waals surface area (Å²) in [6, 6.07) is 11.3. The number of nitrogens with zero attached hydrogens (tertiary/aromatic N) is 1. The lowest BCUT2D eigenvalue weighted by Gasteiger charge is -2.08. The second-order valence-electron chi connectivity index (χ2n) is 6.43. The Balaban J connectivity index is 1.49. The standard InChI is InChI=1S/C21H20Cl2N2O2S/c1-13-5-6-14(2)16(10-13)18-12-28-21(24-18)25-20(26)4-3-9-27-19-8-7-15(22)11-17(19)23/h5-8,10-12H,3-4,9H2,1-2H3,(H,24,25,26). The van der Waals surface area contributed by atoms with E-state index in [0.29, 0.717) is 40.4 Å². The number of aryl methyl sites for hydroxylation is 2. The summed E-state index contributed by atoms with van der Waals surface area (Å²) >= 11 is 13.3. The topological polar surface area (TPSA) is 51.2 Å². The van der Waals surface area contributed by atoms with Crippen LogP contribution in [0.25, 0.3) is 11.3 Å². The second-order valence-corrected chi connectivity index (χ2v) is 8.13. The molecule has 0 aliphatic carbocycles. The fourth-order valence-corrected chi connectivity index (χ4v) is 3.85. The molecule has 1 amide bonds. The van der Waals surface area contributed by atoms with Gasteiger partial charge in [0.1, 0.15) is 5.75 Å². The molecule has 0 saturated heterocycles. The van der Waals surface area contributed by atoms with Gasteiger partial charge in [-0.1, -0.05) is 40.9 Å². The number of halogens is 2. The smallest absolute Gasteiger partial charge is 0.226 e. The van der Waals surface area contributed by atoms with Crippen molar-refractivity contribution in [2.24, 2.45) is 0 Å². The molecule has 7 heteroatoms. The van der Waals surface area contributed by atoms with Gasteiger partial charge in [-0.2, -0.15) is 0 Å². The zero-order chi connectivity index (χ0) is 20.1. The maximum Gasteiger partial charge on any atom is 0.226 e. The van der Waals surface area contributed by atoms with E-state index in [2.05, 4.69) is 42.3 Å². The molecule has 0 atom stereocenters. The third-order valence-corrected chi connectivity index (χ3v) is 5.41. The summed E-state index contributed by atoms with van der Waals surface area (Å²) in [6.45, 7) is 4.50. The van der Waals surface area contributed by atoms with Crippen molar-refractivity contribution in [1.82, 2.24) is 4.98 Å². The molecular weight excluding hydrogens is 415 g/mol. The van der Waals surface area contributed by atoms with Crippen molar-refractivity contribution in [3.63, 3.8) is 0 Å². The highest BCUT2D eigenvalue weighted by Crippen LogP contribution is 2.29. The van der Waals surface area contributed by atoms with E-state index >= 15 is 0 Å². The number of benzene rings is 2. The maximum atomic E-state index is 12.2. The third kappa shape index (κ3) is 5.47. The number of nitrogens with one attached hydrogen (secondary N) is 1. The number of aromatic nitrogens is 1. The molecule has 1 N–H and O–H groups in total. The summed E-state index contributed by atoms with van der Waals surface area (Å²) in [5.41, 5.74) is 4.30. The van der Waals surface area contributed by atoms with Crippen molar-refractivity contribution >= 4 is 45.6 Å². The molecule has 0 aliphatic heterocycles. The fourth-order valence-electron chi connectivity index (χ4n) is 2.66. The highest BCUT2D eigenvalue weighted by Gasteiger charge is 2.10. The largest absolute Gasteiger partial charge is 0.492 e. The molecule has 146 valence electrons. The fraction of sp³-hybridized carbons (Fsp3) is 0.238. The zero-order valence-electron chi connectivity index (χ0n) is 15.6. The van der Waals surface area contributed by atoms with Crippen molar-refractivity contribution in [3.05, 3.63) is 63.0 Å². The number of hydrogen-bond donors (Lipinski definition) is 1. The number of carbonyl (C=O) groups excluding carboxylic acids is 1. The molecule has 0 radical (unpaired) electrons. The van der Waals surface area contributed by atoms with E-state index in [1.165, 1.54) is 16.9 Å². The van der Waals surface area contributed by atoms with Crippen molar-refractivity contribution in [3.8, 4) is 17.0 Å². The van der Waals surface area contributed by atoms with Crippen LogP contribution in [0.2, 0.25) is 10.0 Å². The van der Waals surface area contributed by atoms with Gasteiger partial charge in [0.05, 0.1) is 17.3 Å². The average Bonchev–Trinajstić information content (AvgIpc) is 3.10. The predicted octanol–water partition coefficient (Wildman–Crippen LogP) is 6.53. The molecule has 0 bridgehead atoms. The molecule has 0 spiro atoms. The maximum absolute atomic E-state index is 12.2. The average molecular weight is 435 g/mol. The summed E-state index contributed by atoms with van der Waals surface area (Å²) in [6.07, 6.45) is 0.906. The second kappa shape index (κ2) is 9.41. The number of hydrogen-bond acceptors (Lipinski definition) is 4. The summed E-state index contributed by atoms with van der Waals surface area (Å²) < 4.78 is 5.60. The Morgan fingerprint density at radius 1 is 1.18 bits per heavy atom. The van der Waals surface area contributed by atoms with Crippen LogP contribution in [0, 0.1) is 13.8 Å². The minimum atomic E-state index is -0.0901. The van der Waals surface area contributed by atoms with Gasteiger partial charge in [-0.25, -0.2) is 4.98 Å². The van der Waals surface area contributed by atoms with Crippen LogP contribution in [0.15, 0.2) is 41.8 Å². The van der Waals surface area contributed by atoms with Crippen molar-refractivity contribution in [2.75, 3.05) is 11.9 Å². The van der Waals surface area contributed by atoms with Crippen LogP contribution in [0.4, 0.5) is 5.13 Å². The van der Waals surface area contributed by atoms with Crippen molar-refractivity contribution in [1.29, 1.82) is 0 Å². The quantitative estimate of drug-likeness (QED) is 0.429. The molecular formula is C21H20Cl2N2O2S. The van der Waals surface area contributed by atoms with Gasteiger partial charge < -0.3 is 10.1 Å². The highest BCUT2D eigenvalue weighted by atomic mass is 35.5. The first-order valence-corrected chi connectivity index (χ1v) is 10.5. The number of carbonyl (C=O) groups is 1. The Morgan fingerprint density at radius 3 is 2.79 bits per heavy atom. The van der Waals surface area contributed by atoms with Gasteiger partial charge in [0.25, 0.3) is 0 Å². The number of amides is 1. The zero-order valence-corrected chi connectivity index (χ0v) is 17.9. The molecule has 0 saturated carbocycles. The van der Waals surface area contributed by atoms with E-state index in [4.69, 9.17) is 27.9 Å². The van der Waals surface area contributed by atoms with Gasteiger partial charge in [0, 0.05) is 22.4 Å². The SMILES string of the molecule is Cc1ccc(C)c(-c2csc(NC(=O)CCCOc3ccc(Cl)cc3Cl)n2)c1. The van der Waals surface area contributed by atoms with Crippen LogP contribution in [0.3, 0.4) is 0 Å². The first-order chi connectivity index (χ1) is 13.4. The van der Waals surface area contributed by atoms with E-state index in [1.807, 2.05) is 5.38 Å². The van der Waals surface area contributed by atoms with Crippen LogP contribution < -0.4 is 10.1 Å². The minimum absolute atomic E-state index is 0.0901.